The first-order chi connectivity index (χ1) is 4.70. The molecule has 3 nitrogen and oxygen atoms in total. The summed E-state index contributed by atoms with van der Waals surface area (Å²) in [6.45, 7) is 0. The van der Waals surface area contributed by atoms with E-state index >= 15 is 0 Å². The monoisotopic (exact) mass is 145 g/mol. The Morgan fingerprint density at radius 1 is 1.80 bits per heavy atom. The molecule has 56 valence electrons. The van der Waals surface area contributed by atoms with Gasteiger partial charge in [-0.2, -0.15) is 0 Å². The summed E-state index contributed by atoms with van der Waals surface area (Å²) in [5.74, 6) is -0.210. The van der Waals surface area contributed by atoms with E-state index in [0.717, 1.165) is 0 Å². The second kappa shape index (κ2) is 2.77. The van der Waals surface area contributed by atoms with Gasteiger partial charge in [-0.1, -0.05) is 0 Å². The summed E-state index contributed by atoms with van der Waals surface area (Å²) in [6, 6.07) is -0.556. The molecule has 0 saturated carbocycles. The van der Waals surface area contributed by atoms with E-state index in [1.807, 2.05) is 0 Å². The molecule has 1 aliphatic rings. The highest BCUT2D eigenvalue weighted by molar-refractivity contribution is 4.97. The van der Waals surface area contributed by atoms with E-state index in [1.54, 1.807) is 0 Å². The van der Waals surface area contributed by atoms with Crippen LogP contribution >= 0.6 is 0 Å². The molecule has 4 heteroatoms. The van der Waals surface area contributed by atoms with Gasteiger partial charge in [0.25, 0.3) is 0 Å². The molecule has 1 unspecified atom stereocenters. The van der Waals surface area contributed by atoms with Crippen molar-refractivity contribution in [1.29, 1.82) is 0 Å². The molecule has 0 saturated heterocycles. The summed E-state index contributed by atoms with van der Waals surface area (Å²) < 4.78 is 12.3. The third-order valence-electron chi connectivity index (χ3n) is 1.63. The Bertz CT molecular complexity index is 179. The Balaban J connectivity index is 2.50. The molecular formula is C6H8FNO2. The van der Waals surface area contributed by atoms with Gasteiger partial charge in [0.15, 0.2) is 0 Å². The van der Waals surface area contributed by atoms with Crippen molar-refractivity contribution in [1.82, 2.24) is 0 Å². The SMILES string of the molecule is O=[N+]([O-])C1CC=C(F)CC1. The number of hydrogen-bond acceptors (Lipinski definition) is 2. The minimum atomic E-state index is -0.556. The fourth-order valence-electron chi connectivity index (χ4n) is 0.980. The number of rotatable bonds is 1. The predicted octanol–water partition coefficient (Wildman–Crippen LogP) is 1.67. The molecular weight excluding hydrogens is 137 g/mol. The Morgan fingerprint density at radius 3 is 2.90 bits per heavy atom. The molecule has 1 atom stereocenters. The minimum Gasteiger partial charge on any atom is -0.264 e. The van der Waals surface area contributed by atoms with Crippen molar-refractivity contribution in [3.05, 3.63) is 22.0 Å². The van der Waals surface area contributed by atoms with Crippen molar-refractivity contribution >= 4 is 0 Å². The number of nitrogens with zero attached hydrogens (tertiary/aromatic N) is 1. The highest BCUT2D eigenvalue weighted by atomic mass is 19.1. The van der Waals surface area contributed by atoms with E-state index in [-0.39, 0.29) is 23.6 Å². The van der Waals surface area contributed by atoms with Crippen LogP contribution in [0.15, 0.2) is 11.9 Å². The van der Waals surface area contributed by atoms with Crippen molar-refractivity contribution in [2.24, 2.45) is 0 Å². The standard InChI is InChI=1S/C6H8FNO2/c7-5-1-3-6(4-2-5)8(9)10/h1,6H,2-4H2. The number of hydrogen-bond donors (Lipinski definition) is 0. The largest absolute Gasteiger partial charge is 0.264 e. The average molecular weight is 145 g/mol. The van der Waals surface area contributed by atoms with Crippen LogP contribution in [0.4, 0.5) is 4.39 Å². The quantitative estimate of drug-likeness (QED) is 0.416. The predicted molar refractivity (Wildman–Crippen MR) is 33.8 cm³/mol. The molecule has 0 spiro atoms. The highest BCUT2D eigenvalue weighted by Gasteiger charge is 2.22. The molecule has 1 aliphatic carbocycles. The molecule has 0 radical (unpaired) electrons. The summed E-state index contributed by atoms with van der Waals surface area (Å²) in [5, 5.41) is 10.1. The van der Waals surface area contributed by atoms with E-state index in [2.05, 4.69) is 0 Å². The second-order valence-corrected chi connectivity index (χ2v) is 2.36. The Kier molecular flexibility index (Phi) is 1.99. The van der Waals surface area contributed by atoms with Crippen LogP contribution in [0.2, 0.25) is 0 Å². The van der Waals surface area contributed by atoms with E-state index in [9.17, 15) is 14.5 Å². The Morgan fingerprint density at radius 2 is 2.50 bits per heavy atom. The molecule has 0 heterocycles. The zero-order valence-corrected chi connectivity index (χ0v) is 5.42. The first kappa shape index (κ1) is 7.18. The zero-order valence-electron chi connectivity index (χ0n) is 5.42. The van der Waals surface area contributed by atoms with Crippen molar-refractivity contribution in [2.75, 3.05) is 0 Å². The van der Waals surface area contributed by atoms with Crippen LogP contribution in [0.25, 0.3) is 0 Å². The summed E-state index contributed by atoms with van der Waals surface area (Å²) in [5.41, 5.74) is 0. The summed E-state index contributed by atoms with van der Waals surface area (Å²) >= 11 is 0. The van der Waals surface area contributed by atoms with Gasteiger partial charge in [0, 0.05) is 24.2 Å². The van der Waals surface area contributed by atoms with E-state index in [0.29, 0.717) is 6.42 Å². The van der Waals surface area contributed by atoms with Crippen LogP contribution in [0, 0.1) is 10.1 Å². The number of allylic oxidation sites excluding steroid dienone is 1. The van der Waals surface area contributed by atoms with Crippen LogP contribution < -0.4 is 0 Å². The van der Waals surface area contributed by atoms with Gasteiger partial charge in [-0.15, -0.1) is 0 Å². The van der Waals surface area contributed by atoms with Crippen LogP contribution in [0.3, 0.4) is 0 Å². The van der Waals surface area contributed by atoms with Crippen molar-refractivity contribution in [3.8, 4) is 0 Å². The number of halogens is 1. The van der Waals surface area contributed by atoms with Crippen LogP contribution in [-0.2, 0) is 0 Å². The fourth-order valence-corrected chi connectivity index (χ4v) is 0.980. The van der Waals surface area contributed by atoms with Gasteiger partial charge in [-0.25, -0.2) is 4.39 Å². The van der Waals surface area contributed by atoms with Gasteiger partial charge in [-0.3, -0.25) is 10.1 Å². The summed E-state index contributed by atoms with van der Waals surface area (Å²) in [4.78, 5) is 9.77. The third kappa shape index (κ3) is 1.52. The van der Waals surface area contributed by atoms with Gasteiger partial charge in [-0.05, 0) is 6.08 Å². The lowest BCUT2D eigenvalue weighted by Crippen LogP contribution is -2.20. The topological polar surface area (TPSA) is 43.1 Å². The van der Waals surface area contributed by atoms with Crippen LogP contribution in [0.1, 0.15) is 19.3 Å². The molecule has 0 N–H and O–H groups in total. The minimum absolute atomic E-state index is 0.210. The Hall–Kier alpha value is -0.930. The molecule has 0 aliphatic heterocycles. The molecule has 0 bridgehead atoms. The molecule has 0 aromatic carbocycles. The van der Waals surface area contributed by atoms with Crippen molar-refractivity contribution < 1.29 is 9.31 Å². The smallest absolute Gasteiger partial charge is 0.217 e. The lowest BCUT2D eigenvalue weighted by molar-refractivity contribution is -0.523. The molecule has 1 rings (SSSR count). The summed E-state index contributed by atoms with van der Waals surface area (Å²) in [6.07, 6.45) is 2.12. The zero-order chi connectivity index (χ0) is 7.56. The molecule has 0 amide bonds. The van der Waals surface area contributed by atoms with Gasteiger partial charge >= 0.3 is 0 Å². The van der Waals surface area contributed by atoms with Gasteiger partial charge < -0.3 is 0 Å². The van der Waals surface area contributed by atoms with Gasteiger partial charge in [0.05, 0.1) is 5.83 Å². The van der Waals surface area contributed by atoms with Crippen molar-refractivity contribution in [3.63, 3.8) is 0 Å². The maximum absolute atomic E-state index is 12.3. The van der Waals surface area contributed by atoms with E-state index in [4.69, 9.17) is 0 Å². The summed E-state index contributed by atoms with van der Waals surface area (Å²) in [7, 11) is 0. The molecule has 0 aromatic heterocycles. The Labute approximate surface area is 57.7 Å². The first-order valence-corrected chi connectivity index (χ1v) is 3.18. The number of nitro groups is 1. The maximum atomic E-state index is 12.3. The van der Waals surface area contributed by atoms with E-state index in [1.165, 1.54) is 6.08 Å². The first-order valence-electron chi connectivity index (χ1n) is 3.18. The fraction of sp³-hybridized carbons (Fsp3) is 0.667. The molecule has 10 heavy (non-hydrogen) atoms. The third-order valence-corrected chi connectivity index (χ3v) is 1.63. The van der Waals surface area contributed by atoms with Gasteiger partial charge in [0.1, 0.15) is 0 Å². The maximum Gasteiger partial charge on any atom is 0.217 e. The van der Waals surface area contributed by atoms with Crippen molar-refractivity contribution in [2.45, 2.75) is 25.3 Å². The average Bonchev–Trinajstić information content (AvgIpc) is 1.88. The lowest BCUT2D eigenvalue weighted by atomic mass is 10.0. The molecule has 0 fully saturated rings. The van der Waals surface area contributed by atoms with E-state index < -0.39 is 6.04 Å². The highest BCUT2D eigenvalue weighted by Crippen LogP contribution is 2.20. The second-order valence-electron chi connectivity index (χ2n) is 2.36. The normalized spacial score (nSPS) is 25.7. The molecule has 0 aromatic rings. The van der Waals surface area contributed by atoms with Crippen LogP contribution in [0.5, 0.6) is 0 Å². The van der Waals surface area contributed by atoms with Crippen LogP contribution in [-0.4, -0.2) is 11.0 Å². The van der Waals surface area contributed by atoms with Gasteiger partial charge in [0.2, 0.25) is 6.04 Å². The lowest BCUT2D eigenvalue weighted by Gasteiger charge is -2.10.